The summed E-state index contributed by atoms with van der Waals surface area (Å²) in [5.41, 5.74) is 0.734. The Hall–Kier alpha value is -2.80. The van der Waals surface area contributed by atoms with Crippen LogP contribution in [0.15, 0.2) is 69.9 Å². The molecule has 128 valence electrons. The van der Waals surface area contributed by atoms with Gasteiger partial charge in [0.25, 0.3) is 5.69 Å². The number of hydrogen-bond acceptors (Lipinski definition) is 6. The molecule has 0 spiro atoms. The molecule has 0 saturated carbocycles. The summed E-state index contributed by atoms with van der Waals surface area (Å²) < 4.78 is 10.5. The van der Waals surface area contributed by atoms with Crippen molar-refractivity contribution in [2.45, 2.75) is 17.4 Å². The lowest BCUT2D eigenvalue weighted by atomic mass is 10.1. The molecule has 0 fully saturated rings. The second-order valence-corrected chi connectivity index (χ2v) is 6.53. The van der Waals surface area contributed by atoms with Crippen molar-refractivity contribution in [1.82, 2.24) is 0 Å². The summed E-state index contributed by atoms with van der Waals surface area (Å²) in [6.07, 6.45) is 3.22. The van der Waals surface area contributed by atoms with Gasteiger partial charge >= 0.3 is 0 Å². The molecule has 0 aliphatic carbocycles. The summed E-state index contributed by atoms with van der Waals surface area (Å²) in [4.78, 5) is 23.0. The highest BCUT2D eigenvalue weighted by Gasteiger charge is 2.21. The quantitative estimate of drug-likeness (QED) is 0.319. The number of nitro benzene ring substituents is 1. The summed E-state index contributed by atoms with van der Waals surface area (Å²) in [5.74, 6) is 1.49. The van der Waals surface area contributed by atoms with E-state index in [9.17, 15) is 14.9 Å². The zero-order chi connectivity index (χ0) is 17.6. The van der Waals surface area contributed by atoms with Crippen LogP contribution in [0.1, 0.15) is 33.5 Å². The van der Waals surface area contributed by atoms with Gasteiger partial charge in [0.05, 0.1) is 23.2 Å². The topological polar surface area (TPSA) is 86.5 Å². The summed E-state index contributed by atoms with van der Waals surface area (Å²) in [5, 5.41) is 10.8. The second-order valence-electron chi connectivity index (χ2n) is 5.34. The molecule has 0 bridgehead atoms. The second kappa shape index (κ2) is 7.85. The van der Waals surface area contributed by atoms with E-state index in [4.69, 9.17) is 8.83 Å². The van der Waals surface area contributed by atoms with Gasteiger partial charge in [-0.3, -0.25) is 14.9 Å². The van der Waals surface area contributed by atoms with E-state index in [-0.39, 0.29) is 28.9 Å². The van der Waals surface area contributed by atoms with Crippen molar-refractivity contribution in [3.05, 3.63) is 88.3 Å². The molecule has 0 unspecified atom stereocenters. The van der Waals surface area contributed by atoms with E-state index in [0.29, 0.717) is 5.75 Å². The van der Waals surface area contributed by atoms with Crippen LogP contribution in [0.25, 0.3) is 0 Å². The lowest BCUT2D eigenvalue weighted by Crippen LogP contribution is -2.05. The number of rotatable bonds is 8. The Kier molecular flexibility index (Phi) is 5.35. The zero-order valence-corrected chi connectivity index (χ0v) is 14.0. The van der Waals surface area contributed by atoms with Crippen molar-refractivity contribution in [2.24, 2.45) is 0 Å². The number of hydrogen-bond donors (Lipinski definition) is 0. The Balaban J connectivity index is 1.81. The predicted octanol–water partition coefficient (Wildman–Crippen LogP) is 5.03. The van der Waals surface area contributed by atoms with Gasteiger partial charge in [-0.25, -0.2) is 0 Å². The molecule has 3 aromatic rings. The number of nitrogens with zero attached hydrogens (tertiary/aromatic N) is 1. The van der Waals surface area contributed by atoms with Crippen LogP contribution in [-0.4, -0.2) is 10.7 Å². The average molecular weight is 357 g/mol. The number of carbonyl (C=O) groups is 1. The van der Waals surface area contributed by atoms with Crippen molar-refractivity contribution in [3.63, 3.8) is 0 Å². The Morgan fingerprint density at radius 2 is 1.92 bits per heavy atom. The van der Waals surface area contributed by atoms with Gasteiger partial charge < -0.3 is 8.83 Å². The third kappa shape index (κ3) is 4.39. The molecule has 0 saturated heterocycles. The first-order valence-corrected chi connectivity index (χ1v) is 8.63. The van der Waals surface area contributed by atoms with Crippen molar-refractivity contribution in [2.75, 3.05) is 0 Å². The number of non-ortho nitro benzene ring substituents is 1. The van der Waals surface area contributed by atoms with E-state index in [1.54, 1.807) is 36.6 Å². The van der Waals surface area contributed by atoms with Gasteiger partial charge in [-0.15, -0.1) is 11.8 Å². The molecule has 2 aromatic heterocycles. The fraction of sp³-hybridized carbons (Fsp3) is 0.167. The average Bonchev–Trinajstić information content (AvgIpc) is 3.31. The van der Waals surface area contributed by atoms with Gasteiger partial charge in [0.2, 0.25) is 0 Å². The van der Waals surface area contributed by atoms with Gasteiger partial charge in [0.1, 0.15) is 5.76 Å². The van der Waals surface area contributed by atoms with Gasteiger partial charge in [0, 0.05) is 23.8 Å². The first-order valence-electron chi connectivity index (χ1n) is 7.58. The lowest BCUT2D eigenvalue weighted by molar-refractivity contribution is -0.384. The highest BCUT2D eigenvalue weighted by atomic mass is 32.2. The lowest BCUT2D eigenvalue weighted by Gasteiger charge is -2.15. The third-order valence-electron chi connectivity index (χ3n) is 3.63. The van der Waals surface area contributed by atoms with Crippen LogP contribution in [0.3, 0.4) is 0 Å². The standard InChI is InChI=1S/C18H15NO5S/c20-16(17-7-3-9-24-17)11-18(25-12-15-6-2-8-23-15)13-4-1-5-14(10-13)19(21)22/h1-10,18H,11-12H2/t18-/m0/s1. The fourth-order valence-corrected chi connectivity index (χ4v) is 3.53. The van der Waals surface area contributed by atoms with Gasteiger partial charge in [-0.05, 0) is 29.8 Å². The number of carbonyl (C=O) groups excluding carboxylic acids is 1. The minimum Gasteiger partial charge on any atom is -0.468 e. The van der Waals surface area contributed by atoms with Crippen LogP contribution in [0.2, 0.25) is 0 Å². The maximum absolute atomic E-state index is 12.4. The molecule has 2 heterocycles. The first-order chi connectivity index (χ1) is 12.1. The largest absolute Gasteiger partial charge is 0.468 e. The molecule has 1 atom stereocenters. The molecule has 6 nitrogen and oxygen atoms in total. The van der Waals surface area contributed by atoms with Crippen LogP contribution in [0.5, 0.6) is 0 Å². The molecule has 0 amide bonds. The summed E-state index contributed by atoms with van der Waals surface area (Å²) in [7, 11) is 0. The molecule has 25 heavy (non-hydrogen) atoms. The fourth-order valence-electron chi connectivity index (χ4n) is 2.40. The first kappa shape index (κ1) is 17.0. The van der Waals surface area contributed by atoms with E-state index in [0.717, 1.165) is 11.3 Å². The van der Waals surface area contributed by atoms with Crippen molar-refractivity contribution < 1.29 is 18.6 Å². The number of nitro groups is 1. The molecule has 0 aliphatic rings. The monoisotopic (exact) mass is 357 g/mol. The Bertz CT molecular complexity index is 842. The molecule has 1 aromatic carbocycles. The van der Waals surface area contributed by atoms with Crippen LogP contribution in [0, 0.1) is 10.1 Å². The Labute approximate surface area is 148 Å². The third-order valence-corrected chi connectivity index (χ3v) is 4.92. The van der Waals surface area contributed by atoms with E-state index in [1.165, 1.54) is 30.2 Å². The number of benzene rings is 1. The van der Waals surface area contributed by atoms with E-state index >= 15 is 0 Å². The smallest absolute Gasteiger partial charge is 0.269 e. The summed E-state index contributed by atoms with van der Waals surface area (Å²) in [6, 6.07) is 13.3. The van der Waals surface area contributed by atoms with Crippen LogP contribution in [0.4, 0.5) is 5.69 Å². The molecular formula is C18H15NO5S. The van der Waals surface area contributed by atoms with E-state index < -0.39 is 4.92 Å². The minimum absolute atomic E-state index is 0.00606. The Morgan fingerprint density at radius 1 is 1.12 bits per heavy atom. The molecule has 7 heteroatoms. The molecule has 3 rings (SSSR count). The highest BCUT2D eigenvalue weighted by Crippen LogP contribution is 2.37. The normalized spacial score (nSPS) is 12.0. The maximum Gasteiger partial charge on any atom is 0.269 e. The van der Waals surface area contributed by atoms with Gasteiger partial charge in [-0.2, -0.15) is 0 Å². The zero-order valence-electron chi connectivity index (χ0n) is 13.2. The predicted molar refractivity (Wildman–Crippen MR) is 93.5 cm³/mol. The molecule has 0 N–H and O–H groups in total. The van der Waals surface area contributed by atoms with Crippen molar-refractivity contribution in [3.8, 4) is 0 Å². The number of thioether (sulfide) groups is 1. The molecule has 0 aliphatic heterocycles. The van der Waals surface area contributed by atoms with Gasteiger partial charge in [0.15, 0.2) is 11.5 Å². The van der Waals surface area contributed by atoms with Crippen LogP contribution < -0.4 is 0 Å². The highest BCUT2D eigenvalue weighted by molar-refractivity contribution is 7.98. The van der Waals surface area contributed by atoms with E-state index in [2.05, 4.69) is 0 Å². The summed E-state index contributed by atoms with van der Waals surface area (Å²) >= 11 is 1.50. The number of ketones is 1. The Morgan fingerprint density at radius 3 is 2.60 bits per heavy atom. The number of Topliss-reactive ketones (excluding diaryl/α,β-unsaturated/α-hetero) is 1. The van der Waals surface area contributed by atoms with Crippen molar-refractivity contribution >= 4 is 23.2 Å². The molecule has 0 radical (unpaired) electrons. The van der Waals surface area contributed by atoms with Crippen LogP contribution in [-0.2, 0) is 5.75 Å². The van der Waals surface area contributed by atoms with Crippen LogP contribution >= 0.6 is 11.8 Å². The summed E-state index contributed by atoms with van der Waals surface area (Å²) in [6.45, 7) is 0. The van der Waals surface area contributed by atoms with Crippen molar-refractivity contribution in [1.29, 1.82) is 0 Å². The van der Waals surface area contributed by atoms with Gasteiger partial charge in [-0.1, -0.05) is 12.1 Å². The van der Waals surface area contributed by atoms with E-state index in [1.807, 2.05) is 6.07 Å². The SMILES string of the molecule is O=C(C[C@H](SCc1ccco1)c1cccc([N+](=O)[O-])c1)c1ccco1. The minimum atomic E-state index is -0.438. The maximum atomic E-state index is 12.4. The molecular weight excluding hydrogens is 342 g/mol. The number of furan rings is 2.